The van der Waals surface area contributed by atoms with E-state index < -0.39 is 0 Å². The molecule has 4 nitrogen and oxygen atoms in total. The number of aryl methyl sites for hydroxylation is 1. The van der Waals surface area contributed by atoms with Gasteiger partial charge in [-0.15, -0.1) is 0 Å². The smallest absolute Gasteiger partial charge is 0.254 e. The summed E-state index contributed by atoms with van der Waals surface area (Å²) in [6, 6.07) is 0. The maximum atomic E-state index is 11.7. The van der Waals surface area contributed by atoms with E-state index >= 15 is 0 Å². The molecule has 0 fully saturated rings. The molecule has 0 aliphatic rings. The van der Waals surface area contributed by atoms with Crippen LogP contribution in [-0.2, 0) is 0 Å². The van der Waals surface area contributed by atoms with Gasteiger partial charge in [0, 0.05) is 11.9 Å². The minimum atomic E-state index is -0.323. The Hall–Kier alpha value is -0.940. The van der Waals surface area contributed by atoms with Crippen LogP contribution in [0.3, 0.4) is 0 Å². The van der Waals surface area contributed by atoms with E-state index in [1.165, 1.54) is 11.5 Å². The van der Waals surface area contributed by atoms with Crippen LogP contribution in [0.4, 0.5) is 0 Å². The molecule has 0 bridgehead atoms. The highest BCUT2D eigenvalue weighted by atomic mass is 32.1. The quantitative estimate of drug-likeness (QED) is 0.824. The molecule has 0 spiro atoms. The lowest BCUT2D eigenvalue weighted by atomic mass is 10.0. The Balaban J connectivity index is 2.39. The van der Waals surface area contributed by atoms with Gasteiger partial charge in [-0.1, -0.05) is 6.92 Å². The summed E-state index contributed by atoms with van der Waals surface area (Å²) in [5.74, 6) is 0.194. The van der Waals surface area contributed by atoms with Crippen LogP contribution in [0.5, 0.6) is 0 Å². The van der Waals surface area contributed by atoms with E-state index in [4.69, 9.17) is 0 Å². The molecule has 0 aromatic carbocycles. The van der Waals surface area contributed by atoms with E-state index in [1.807, 2.05) is 13.8 Å². The molecule has 1 aromatic heterocycles. The van der Waals surface area contributed by atoms with Crippen LogP contribution in [0.2, 0.25) is 0 Å². The van der Waals surface area contributed by atoms with Crippen LogP contribution in [0.15, 0.2) is 5.38 Å². The molecule has 1 heterocycles. The van der Waals surface area contributed by atoms with Crippen molar-refractivity contribution in [2.75, 3.05) is 6.54 Å². The highest BCUT2D eigenvalue weighted by molar-refractivity contribution is 7.03. The van der Waals surface area contributed by atoms with Crippen LogP contribution < -0.4 is 5.32 Å². The first-order chi connectivity index (χ1) is 7.50. The summed E-state index contributed by atoms with van der Waals surface area (Å²) in [4.78, 5) is 11.7. The molecule has 0 aliphatic carbocycles. The lowest BCUT2D eigenvalue weighted by Crippen LogP contribution is -2.29. The van der Waals surface area contributed by atoms with Crippen molar-refractivity contribution in [2.24, 2.45) is 5.92 Å². The van der Waals surface area contributed by atoms with Crippen molar-refractivity contribution in [1.29, 1.82) is 0 Å². The number of nitrogens with one attached hydrogen (secondary N) is 1. The molecule has 2 atom stereocenters. The first kappa shape index (κ1) is 13.1. The lowest BCUT2D eigenvalue weighted by molar-refractivity contribution is 0.0939. The van der Waals surface area contributed by atoms with E-state index in [2.05, 4.69) is 9.69 Å². The fraction of sp³-hybridized carbons (Fsp3) is 0.636. The molecule has 16 heavy (non-hydrogen) atoms. The van der Waals surface area contributed by atoms with Gasteiger partial charge in [0.25, 0.3) is 5.91 Å². The maximum absolute atomic E-state index is 11.7. The van der Waals surface area contributed by atoms with Gasteiger partial charge in [-0.25, -0.2) is 0 Å². The number of hydrogen-bond acceptors (Lipinski definition) is 4. The van der Waals surface area contributed by atoms with E-state index in [0.717, 1.165) is 5.69 Å². The first-order valence-electron chi connectivity index (χ1n) is 5.38. The fourth-order valence-corrected chi connectivity index (χ4v) is 2.23. The summed E-state index contributed by atoms with van der Waals surface area (Å²) < 4.78 is 4.05. The Morgan fingerprint density at radius 2 is 2.31 bits per heavy atom. The van der Waals surface area contributed by atoms with Gasteiger partial charge < -0.3 is 10.4 Å². The zero-order valence-electron chi connectivity index (χ0n) is 9.86. The third kappa shape index (κ3) is 3.90. The monoisotopic (exact) mass is 242 g/mol. The Morgan fingerprint density at radius 3 is 2.81 bits per heavy atom. The van der Waals surface area contributed by atoms with Gasteiger partial charge in [0.05, 0.1) is 17.4 Å². The minimum absolute atomic E-state index is 0.0799. The molecule has 5 heteroatoms. The summed E-state index contributed by atoms with van der Waals surface area (Å²) >= 11 is 1.29. The second-order valence-corrected chi connectivity index (χ2v) is 4.84. The minimum Gasteiger partial charge on any atom is -0.393 e. The van der Waals surface area contributed by atoms with E-state index in [0.29, 0.717) is 18.5 Å². The topological polar surface area (TPSA) is 62.2 Å². The Labute approximate surface area is 99.9 Å². The number of rotatable bonds is 5. The lowest BCUT2D eigenvalue weighted by Gasteiger charge is -2.13. The van der Waals surface area contributed by atoms with Gasteiger partial charge >= 0.3 is 0 Å². The van der Waals surface area contributed by atoms with Crippen LogP contribution >= 0.6 is 11.5 Å². The predicted octanol–water partition coefficient (Wildman–Crippen LogP) is 1.59. The zero-order valence-corrected chi connectivity index (χ0v) is 10.7. The first-order valence-corrected chi connectivity index (χ1v) is 6.21. The van der Waals surface area contributed by atoms with Gasteiger partial charge in [-0.2, -0.15) is 4.37 Å². The van der Waals surface area contributed by atoms with Gasteiger partial charge in [0.1, 0.15) is 0 Å². The normalized spacial score (nSPS) is 14.5. The number of carbonyl (C=O) groups excluding carboxylic acids is 1. The van der Waals surface area contributed by atoms with Crippen LogP contribution in [0, 0.1) is 12.8 Å². The molecule has 90 valence electrons. The molecule has 0 saturated heterocycles. The van der Waals surface area contributed by atoms with Crippen molar-refractivity contribution >= 4 is 17.4 Å². The molecular formula is C11H18N2O2S. The maximum Gasteiger partial charge on any atom is 0.254 e. The Kier molecular flexibility index (Phi) is 4.89. The number of nitrogens with zero attached hydrogens (tertiary/aromatic N) is 1. The summed E-state index contributed by atoms with van der Waals surface area (Å²) in [5, 5.41) is 13.8. The highest BCUT2D eigenvalue weighted by Crippen LogP contribution is 2.09. The zero-order chi connectivity index (χ0) is 12.1. The summed E-state index contributed by atoms with van der Waals surface area (Å²) in [7, 11) is 0. The van der Waals surface area contributed by atoms with Gasteiger partial charge in [-0.3, -0.25) is 4.79 Å². The number of hydrogen-bond donors (Lipinski definition) is 2. The number of aliphatic hydroxyl groups excluding tert-OH is 1. The van der Waals surface area contributed by atoms with Gasteiger partial charge in [0.15, 0.2) is 0 Å². The molecular weight excluding hydrogens is 224 g/mol. The standard InChI is InChI=1S/C11H18N2O2S/c1-7(4-8(2)14)5-12-11(15)10-6-16-13-9(10)3/h6-8,14H,4-5H2,1-3H3,(H,12,15). The molecule has 1 aromatic rings. The fourth-order valence-electron chi connectivity index (χ4n) is 1.54. The van der Waals surface area contributed by atoms with E-state index in [-0.39, 0.29) is 17.9 Å². The van der Waals surface area contributed by atoms with Gasteiger partial charge in [-0.05, 0) is 37.7 Å². The number of carbonyl (C=O) groups is 1. The molecule has 2 N–H and O–H groups in total. The SMILES string of the molecule is Cc1nscc1C(=O)NCC(C)CC(C)O. The number of aromatic nitrogens is 1. The van der Waals surface area contributed by atoms with Crippen LogP contribution in [0.25, 0.3) is 0 Å². The average Bonchev–Trinajstić information content (AvgIpc) is 2.60. The molecule has 1 rings (SSSR count). The molecule has 0 radical (unpaired) electrons. The molecule has 0 saturated carbocycles. The van der Waals surface area contributed by atoms with Crippen LogP contribution in [0.1, 0.15) is 36.3 Å². The summed E-state index contributed by atoms with van der Waals surface area (Å²) in [5.41, 5.74) is 1.42. The van der Waals surface area contributed by atoms with Crippen molar-refractivity contribution in [1.82, 2.24) is 9.69 Å². The second kappa shape index (κ2) is 5.96. The van der Waals surface area contributed by atoms with E-state index in [9.17, 15) is 9.90 Å². The van der Waals surface area contributed by atoms with Crippen molar-refractivity contribution in [3.63, 3.8) is 0 Å². The predicted molar refractivity (Wildman–Crippen MR) is 64.6 cm³/mol. The van der Waals surface area contributed by atoms with Crippen molar-refractivity contribution in [3.8, 4) is 0 Å². The molecule has 2 unspecified atom stereocenters. The number of aliphatic hydroxyl groups is 1. The van der Waals surface area contributed by atoms with Crippen LogP contribution in [-0.4, -0.2) is 28.0 Å². The Bertz CT molecular complexity index is 350. The Morgan fingerprint density at radius 1 is 1.62 bits per heavy atom. The number of amides is 1. The second-order valence-electron chi connectivity index (χ2n) is 4.21. The summed E-state index contributed by atoms with van der Waals surface area (Å²) in [6.45, 7) is 6.17. The van der Waals surface area contributed by atoms with Crippen molar-refractivity contribution in [3.05, 3.63) is 16.6 Å². The third-order valence-electron chi connectivity index (χ3n) is 2.35. The highest BCUT2D eigenvalue weighted by Gasteiger charge is 2.12. The van der Waals surface area contributed by atoms with Crippen molar-refractivity contribution in [2.45, 2.75) is 33.3 Å². The molecule has 0 aliphatic heterocycles. The largest absolute Gasteiger partial charge is 0.393 e. The molecule has 1 amide bonds. The summed E-state index contributed by atoms with van der Waals surface area (Å²) in [6.07, 6.45) is 0.373. The third-order valence-corrected chi connectivity index (χ3v) is 3.07. The average molecular weight is 242 g/mol. The van der Waals surface area contributed by atoms with Gasteiger partial charge in [0.2, 0.25) is 0 Å². The van der Waals surface area contributed by atoms with E-state index in [1.54, 1.807) is 12.3 Å². The van der Waals surface area contributed by atoms with Crippen molar-refractivity contribution < 1.29 is 9.90 Å².